The highest BCUT2D eigenvalue weighted by atomic mass is 79.9. The molecule has 1 N–H and O–H groups in total. The Morgan fingerprint density at radius 1 is 0.603 bits per heavy atom. The number of allylic oxidation sites excluding steroid dienone is 2. The fraction of sp³-hybridized carbons (Fsp3) is 0.556. The molecule has 2 spiro atoms. The van der Waals surface area contributed by atoms with Gasteiger partial charge in [0.1, 0.15) is 32.5 Å². The summed E-state index contributed by atoms with van der Waals surface area (Å²) in [7, 11) is 4.18. The SMILES string of the molecule is C.C.C.C1CCNCC1.CN1CCC2(CSC3=C(O2)c2cc(Br)ccc2C(=O)C3=O)C1.CN1CCC2(CSC3=C(O2)c2cc(N4CCCCC4)ccc2C(=O)C3=O)C1. The number of benzene rings is 2. The molecule has 4 saturated heterocycles. The van der Waals surface area contributed by atoms with Crippen LogP contribution >= 0.6 is 39.5 Å². The molecule has 2 aliphatic carbocycles. The molecular formula is C45H61BrN4O6S2. The lowest BCUT2D eigenvalue weighted by atomic mass is 9.91. The summed E-state index contributed by atoms with van der Waals surface area (Å²) < 4.78 is 13.7. The van der Waals surface area contributed by atoms with Crippen LogP contribution in [-0.2, 0) is 19.1 Å². The van der Waals surface area contributed by atoms with E-state index < -0.39 is 23.1 Å². The number of rotatable bonds is 1. The van der Waals surface area contributed by atoms with Gasteiger partial charge in [-0.15, -0.1) is 23.5 Å². The van der Waals surface area contributed by atoms with Crippen LogP contribution in [0.1, 0.15) is 105 Å². The van der Waals surface area contributed by atoms with Crippen molar-refractivity contribution in [3.63, 3.8) is 0 Å². The van der Waals surface area contributed by atoms with Crippen molar-refractivity contribution in [2.75, 3.05) is 82.9 Å². The minimum absolute atomic E-state index is 0. The first-order valence-corrected chi connectivity index (χ1v) is 22.4. The maximum Gasteiger partial charge on any atom is 0.243 e. The number of ether oxygens (including phenoxy) is 2. The number of Topliss-reactive ketones (excluding diaryl/α,β-unsaturated/α-hetero) is 4. The molecule has 13 heteroatoms. The minimum Gasteiger partial charge on any atom is -0.483 e. The van der Waals surface area contributed by atoms with Crippen LogP contribution in [0.5, 0.6) is 0 Å². The zero-order valence-electron chi connectivity index (χ0n) is 31.7. The van der Waals surface area contributed by atoms with Gasteiger partial charge in [0.05, 0.1) is 0 Å². The first kappa shape index (κ1) is 46.1. The van der Waals surface area contributed by atoms with Crippen LogP contribution in [0, 0.1) is 0 Å². The summed E-state index contributed by atoms with van der Waals surface area (Å²) in [6.07, 6.45) is 9.79. The van der Waals surface area contributed by atoms with Crippen molar-refractivity contribution in [2.24, 2.45) is 0 Å². The Kier molecular flexibility index (Phi) is 15.3. The molecular weight excluding hydrogens is 837 g/mol. The van der Waals surface area contributed by atoms with E-state index in [0.29, 0.717) is 32.5 Å². The molecule has 6 aliphatic heterocycles. The number of nitrogens with one attached hydrogen (secondary N) is 1. The lowest BCUT2D eigenvalue weighted by molar-refractivity contribution is -0.112. The summed E-state index contributed by atoms with van der Waals surface area (Å²) in [4.78, 5) is 57.8. The molecule has 2 unspecified atom stereocenters. The van der Waals surface area contributed by atoms with Crippen molar-refractivity contribution in [3.05, 3.63) is 72.9 Å². The number of ketones is 4. The fourth-order valence-electron chi connectivity index (χ4n) is 8.73. The summed E-state index contributed by atoms with van der Waals surface area (Å²) in [6.45, 7) is 8.28. The molecule has 4 fully saturated rings. The highest BCUT2D eigenvalue weighted by Crippen LogP contribution is 2.49. The van der Waals surface area contributed by atoms with Crippen molar-refractivity contribution in [1.29, 1.82) is 0 Å². The molecule has 0 aromatic heterocycles. The summed E-state index contributed by atoms with van der Waals surface area (Å²) in [6, 6.07) is 11.2. The van der Waals surface area contributed by atoms with Gasteiger partial charge in [-0.3, -0.25) is 19.2 Å². The molecule has 10 nitrogen and oxygen atoms in total. The number of likely N-dealkylation sites (N-methyl/N-ethyl adjacent to an activating group) is 2. The van der Waals surface area contributed by atoms with E-state index in [1.807, 2.05) is 18.2 Å². The van der Waals surface area contributed by atoms with E-state index in [-0.39, 0.29) is 33.5 Å². The molecule has 8 aliphatic rings. The molecule has 2 aromatic carbocycles. The number of fused-ring (bicyclic) bond motifs is 4. The van der Waals surface area contributed by atoms with E-state index in [1.165, 1.54) is 75.1 Å². The predicted molar refractivity (Wildman–Crippen MR) is 243 cm³/mol. The molecule has 0 amide bonds. The van der Waals surface area contributed by atoms with Crippen LogP contribution in [-0.4, -0.2) is 122 Å². The fourth-order valence-corrected chi connectivity index (χ4v) is 11.5. The third kappa shape index (κ3) is 9.19. The molecule has 0 radical (unpaired) electrons. The van der Waals surface area contributed by atoms with Gasteiger partial charge in [0.2, 0.25) is 23.1 Å². The molecule has 0 bridgehead atoms. The Labute approximate surface area is 362 Å². The molecule has 58 heavy (non-hydrogen) atoms. The lowest BCUT2D eigenvalue weighted by Crippen LogP contribution is -2.42. The zero-order valence-corrected chi connectivity index (χ0v) is 34.9. The number of piperidine rings is 2. The first-order chi connectivity index (χ1) is 26.6. The second-order valence-corrected chi connectivity index (χ2v) is 18.9. The average molecular weight is 898 g/mol. The highest BCUT2D eigenvalue weighted by Gasteiger charge is 2.49. The number of nitrogens with zero attached hydrogens (tertiary/aromatic N) is 3. The largest absolute Gasteiger partial charge is 0.483 e. The third-order valence-electron chi connectivity index (χ3n) is 11.7. The second-order valence-electron chi connectivity index (χ2n) is 16.0. The van der Waals surface area contributed by atoms with E-state index in [1.54, 1.807) is 12.1 Å². The Morgan fingerprint density at radius 3 is 1.53 bits per heavy atom. The van der Waals surface area contributed by atoms with E-state index in [9.17, 15) is 19.2 Å². The molecule has 0 saturated carbocycles. The van der Waals surface area contributed by atoms with E-state index in [2.05, 4.69) is 56.1 Å². The van der Waals surface area contributed by atoms with Crippen LogP contribution in [0.3, 0.4) is 0 Å². The Hall–Kier alpha value is -2.94. The predicted octanol–water partition coefficient (Wildman–Crippen LogP) is 8.34. The van der Waals surface area contributed by atoms with E-state index in [4.69, 9.17) is 9.47 Å². The monoisotopic (exact) mass is 896 g/mol. The molecule has 6 heterocycles. The molecule has 2 atom stereocenters. The van der Waals surface area contributed by atoms with Gasteiger partial charge in [-0.05, 0) is 95.7 Å². The van der Waals surface area contributed by atoms with Gasteiger partial charge < -0.3 is 29.5 Å². The number of carbonyl (C=O) groups is 4. The van der Waals surface area contributed by atoms with Gasteiger partial charge in [-0.1, -0.05) is 44.6 Å². The number of anilines is 1. The number of thioether (sulfide) groups is 2. The number of likely N-dealkylation sites (tertiary alicyclic amines) is 2. The van der Waals surface area contributed by atoms with Gasteiger partial charge in [-0.2, -0.15) is 0 Å². The summed E-state index contributed by atoms with van der Waals surface area (Å²) in [5, 5.41) is 3.28. The third-order valence-corrected chi connectivity index (χ3v) is 14.9. The van der Waals surface area contributed by atoms with Crippen molar-refractivity contribution in [2.45, 2.75) is 84.8 Å². The van der Waals surface area contributed by atoms with E-state index in [0.717, 1.165) is 84.9 Å². The maximum atomic E-state index is 12.6. The Bertz CT molecular complexity index is 1970. The van der Waals surface area contributed by atoms with Gasteiger partial charge in [0.25, 0.3) is 0 Å². The lowest BCUT2D eigenvalue weighted by Gasteiger charge is -2.38. The summed E-state index contributed by atoms with van der Waals surface area (Å²) >= 11 is 6.41. The topological polar surface area (TPSA) is 108 Å². The highest BCUT2D eigenvalue weighted by molar-refractivity contribution is 9.10. The Morgan fingerprint density at radius 2 is 1.09 bits per heavy atom. The number of halogens is 1. The van der Waals surface area contributed by atoms with Gasteiger partial charge in [0, 0.05) is 96.0 Å². The molecule has 316 valence electrons. The van der Waals surface area contributed by atoms with Gasteiger partial charge in [-0.25, -0.2) is 0 Å². The zero-order chi connectivity index (χ0) is 38.3. The number of hydrogen-bond donors (Lipinski definition) is 1. The quantitative estimate of drug-likeness (QED) is 0.278. The number of carbonyl (C=O) groups excluding carboxylic acids is 4. The van der Waals surface area contributed by atoms with Gasteiger partial charge in [0.15, 0.2) is 0 Å². The first-order valence-electron chi connectivity index (χ1n) is 19.6. The average Bonchev–Trinajstić information content (AvgIpc) is 3.76. The smallest absolute Gasteiger partial charge is 0.243 e. The van der Waals surface area contributed by atoms with Crippen molar-refractivity contribution >= 4 is 79.8 Å². The van der Waals surface area contributed by atoms with E-state index >= 15 is 0 Å². The van der Waals surface area contributed by atoms with Crippen LogP contribution in [0.25, 0.3) is 11.5 Å². The van der Waals surface area contributed by atoms with Crippen LogP contribution < -0.4 is 10.2 Å². The molecule has 10 rings (SSSR count). The van der Waals surface area contributed by atoms with Crippen LogP contribution in [0.4, 0.5) is 5.69 Å². The second kappa shape index (κ2) is 19.2. The maximum absolute atomic E-state index is 12.6. The van der Waals surface area contributed by atoms with Crippen molar-refractivity contribution in [3.8, 4) is 0 Å². The Balaban J connectivity index is 0.000000187. The minimum atomic E-state index is -0.434. The number of hydrogen-bond acceptors (Lipinski definition) is 12. The van der Waals surface area contributed by atoms with Gasteiger partial charge >= 0.3 is 0 Å². The normalized spacial score (nSPS) is 26.3. The van der Waals surface area contributed by atoms with Crippen LogP contribution in [0.15, 0.2) is 50.7 Å². The van der Waals surface area contributed by atoms with Crippen LogP contribution in [0.2, 0.25) is 0 Å². The standard InChI is InChI=1S/C21H24N2O3S.C16H14BrNO3S.C5H11N.3CH4/c1-22-10-7-21(12-22)13-27-20-18(25)17(24)15-6-5-14(11-16(15)19(20)26-21)23-8-3-2-4-9-23;1-18-5-4-16(7-18)8-22-15-13(20)12(19)10-3-2-9(17)6-11(10)14(15)21-16;1-2-4-6-5-3-1;;;/h5-6,11H,2-4,7-10,12-13H2,1H3;2-3,6H,4-5,7-8H2,1H3;6H,1-5H2;3*1H4. The molecule has 2 aromatic rings. The summed E-state index contributed by atoms with van der Waals surface area (Å²) in [5.74, 6) is 1.01. The summed E-state index contributed by atoms with van der Waals surface area (Å²) in [5.41, 5.74) is 3.09. The van der Waals surface area contributed by atoms with Crippen molar-refractivity contribution in [1.82, 2.24) is 15.1 Å². The van der Waals surface area contributed by atoms with Crippen molar-refractivity contribution < 1.29 is 28.7 Å².